The Bertz CT molecular complexity index is 527. The molecule has 1 N–H and O–H groups in total. The Morgan fingerprint density at radius 1 is 1.35 bits per heavy atom. The molecule has 2 aromatic rings. The van der Waals surface area contributed by atoms with Crippen molar-refractivity contribution in [2.75, 3.05) is 6.54 Å². The van der Waals surface area contributed by atoms with E-state index in [4.69, 9.17) is 4.74 Å². The topological polar surface area (TPSA) is 21.3 Å². The Labute approximate surface area is 133 Å². The number of rotatable bonds is 7. The molecule has 1 aromatic carbocycles. The molecule has 0 amide bonds. The van der Waals surface area contributed by atoms with Crippen LogP contribution in [0, 0.1) is 0 Å². The van der Waals surface area contributed by atoms with Crippen molar-refractivity contribution in [3.63, 3.8) is 0 Å². The molecule has 0 aliphatic heterocycles. The maximum Gasteiger partial charge on any atom is 0.125 e. The van der Waals surface area contributed by atoms with Crippen LogP contribution in [0.25, 0.3) is 0 Å². The van der Waals surface area contributed by atoms with Gasteiger partial charge < -0.3 is 10.1 Å². The molecule has 0 saturated carbocycles. The molecule has 20 heavy (non-hydrogen) atoms. The summed E-state index contributed by atoms with van der Waals surface area (Å²) in [6, 6.07) is 8.63. The Morgan fingerprint density at radius 3 is 2.90 bits per heavy atom. The molecule has 0 saturated heterocycles. The zero-order chi connectivity index (χ0) is 14.4. The number of nitrogens with one attached hydrogen (secondary N) is 1. The first kappa shape index (κ1) is 15.5. The lowest BCUT2D eigenvalue weighted by molar-refractivity contribution is 0.300. The zero-order valence-corrected chi connectivity index (χ0v) is 14.3. The quantitative estimate of drug-likeness (QED) is 0.742. The lowest BCUT2D eigenvalue weighted by atomic mass is 10.1. The van der Waals surface area contributed by atoms with Crippen LogP contribution in [0.1, 0.15) is 37.4 Å². The first-order valence-corrected chi connectivity index (χ1v) is 8.61. The van der Waals surface area contributed by atoms with E-state index in [2.05, 4.69) is 64.1 Å². The largest absolute Gasteiger partial charge is 0.488 e. The molecule has 0 aliphatic rings. The van der Waals surface area contributed by atoms with E-state index in [0.717, 1.165) is 23.2 Å². The summed E-state index contributed by atoms with van der Waals surface area (Å²) in [6.45, 7) is 5.99. The van der Waals surface area contributed by atoms with Crippen molar-refractivity contribution < 1.29 is 4.74 Å². The minimum atomic E-state index is 0.292. The van der Waals surface area contributed by atoms with Crippen molar-refractivity contribution in [1.82, 2.24) is 5.32 Å². The number of thiophene rings is 1. The molecule has 1 atom stereocenters. The second-order valence-corrected chi connectivity index (χ2v) is 6.47. The zero-order valence-electron chi connectivity index (χ0n) is 11.9. The third-order valence-corrected chi connectivity index (χ3v) is 4.34. The summed E-state index contributed by atoms with van der Waals surface area (Å²) in [5.41, 5.74) is 2.42. The van der Waals surface area contributed by atoms with Crippen LogP contribution < -0.4 is 10.1 Å². The SMILES string of the molecule is CCCNC(C)c1ccc(Br)cc1OCc1ccsc1. The first-order chi connectivity index (χ1) is 9.70. The fourth-order valence-corrected chi connectivity index (χ4v) is 2.99. The summed E-state index contributed by atoms with van der Waals surface area (Å²) in [5, 5.41) is 7.71. The number of halogens is 1. The van der Waals surface area contributed by atoms with Crippen LogP contribution in [0.2, 0.25) is 0 Å². The van der Waals surface area contributed by atoms with Gasteiger partial charge in [0.05, 0.1) is 0 Å². The van der Waals surface area contributed by atoms with Gasteiger partial charge in [-0.1, -0.05) is 28.9 Å². The van der Waals surface area contributed by atoms with Crippen LogP contribution in [0.5, 0.6) is 5.75 Å². The van der Waals surface area contributed by atoms with E-state index in [0.29, 0.717) is 12.6 Å². The van der Waals surface area contributed by atoms with Crippen LogP contribution in [0.3, 0.4) is 0 Å². The number of hydrogen-bond acceptors (Lipinski definition) is 3. The van der Waals surface area contributed by atoms with Gasteiger partial charge in [0.1, 0.15) is 12.4 Å². The van der Waals surface area contributed by atoms with Gasteiger partial charge in [0.2, 0.25) is 0 Å². The second-order valence-electron chi connectivity index (χ2n) is 4.78. The molecule has 0 spiro atoms. The van der Waals surface area contributed by atoms with E-state index in [1.165, 1.54) is 11.1 Å². The molecule has 108 valence electrons. The Kier molecular flexibility index (Phi) is 6.07. The second kappa shape index (κ2) is 7.81. The minimum absolute atomic E-state index is 0.292. The van der Waals surface area contributed by atoms with Crippen LogP contribution in [-0.2, 0) is 6.61 Å². The monoisotopic (exact) mass is 353 g/mol. The van der Waals surface area contributed by atoms with Gasteiger partial charge in [-0.25, -0.2) is 0 Å². The van der Waals surface area contributed by atoms with Crippen molar-refractivity contribution in [3.8, 4) is 5.75 Å². The highest BCUT2D eigenvalue weighted by Crippen LogP contribution is 2.29. The summed E-state index contributed by atoms with van der Waals surface area (Å²) in [6.07, 6.45) is 1.13. The third kappa shape index (κ3) is 4.33. The minimum Gasteiger partial charge on any atom is -0.488 e. The maximum absolute atomic E-state index is 6.00. The lowest BCUT2D eigenvalue weighted by Gasteiger charge is -2.18. The standard InChI is InChI=1S/C16H20BrNOS/c1-3-7-18-12(2)15-5-4-14(17)9-16(15)19-10-13-6-8-20-11-13/h4-6,8-9,11-12,18H,3,7,10H2,1-2H3. The predicted octanol–water partition coefficient (Wildman–Crippen LogP) is 5.15. The first-order valence-electron chi connectivity index (χ1n) is 6.87. The number of benzene rings is 1. The molecule has 1 heterocycles. The fourth-order valence-electron chi connectivity index (χ4n) is 2.00. The van der Waals surface area contributed by atoms with Gasteiger partial charge in [-0.3, -0.25) is 0 Å². The molecule has 0 bridgehead atoms. The van der Waals surface area contributed by atoms with Crippen LogP contribution in [0.4, 0.5) is 0 Å². The Morgan fingerprint density at radius 2 is 2.20 bits per heavy atom. The van der Waals surface area contributed by atoms with Crippen LogP contribution in [-0.4, -0.2) is 6.54 Å². The fraction of sp³-hybridized carbons (Fsp3) is 0.375. The maximum atomic E-state index is 6.00. The van der Waals surface area contributed by atoms with Crippen LogP contribution in [0.15, 0.2) is 39.5 Å². The molecule has 1 aromatic heterocycles. The van der Waals surface area contributed by atoms with E-state index in [1.54, 1.807) is 11.3 Å². The highest BCUT2D eigenvalue weighted by atomic mass is 79.9. The average Bonchev–Trinajstić information content (AvgIpc) is 2.96. The molecule has 2 nitrogen and oxygen atoms in total. The van der Waals surface area contributed by atoms with Gasteiger partial charge >= 0.3 is 0 Å². The number of hydrogen-bond donors (Lipinski definition) is 1. The van der Waals surface area contributed by atoms with E-state index in [-0.39, 0.29) is 0 Å². The van der Waals surface area contributed by atoms with Crippen molar-refractivity contribution in [1.29, 1.82) is 0 Å². The van der Waals surface area contributed by atoms with Crippen molar-refractivity contribution >= 4 is 27.3 Å². The van der Waals surface area contributed by atoms with Gasteiger partial charge in [0, 0.05) is 16.1 Å². The number of ether oxygens (including phenoxy) is 1. The molecular formula is C16H20BrNOS. The van der Waals surface area contributed by atoms with E-state index < -0.39 is 0 Å². The Hall–Kier alpha value is -0.840. The molecule has 2 rings (SSSR count). The van der Waals surface area contributed by atoms with Crippen molar-refractivity contribution in [2.45, 2.75) is 32.9 Å². The molecule has 0 fully saturated rings. The van der Waals surface area contributed by atoms with E-state index >= 15 is 0 Å². The van der Waals surface area contributed by atoms with Gasteiger partial charge in [0.15, 0.2) is 0 Å². The molecular weight excluding hydrogens is 334 g/mol. The Balaban J connectivity index is 2.10. The molecule has 0 aliphatic carbocycles. The molecule has 4 heteroatoms. The van der Waals surface area contributed by atoms with Gasteiger partial charge in [-0.05, 0) is 54.4 Å². The predicted molar refractivity (Wildman–Crippen MR) is 89.5 cm³/mol. The summed E-state index contributed by atoms with van der Waals surface area (Å²) in [4.78, 5) is 0. The summed E-state index contributed by atoms with van der Waals surface area (Å²) in [7, 11) is 0. The third-order valence-electron chi connectivity index (χ3n) is 3.12. The summed E-state index contributed by atoms with van der Waals surface area (Å²) < 4.78 is 7.05. The van der Waals surface area contributed by atoms with E-state index in [9.17, 15) is 0 Å². The highest BCUT2D eigenvalue weighted by Gasteiger charge is 2.12. The lowest BCUT2D eigenvalue weighted by Crippen LogP contribution is -2.20. The van der Waals surface area contributed by atoms with E-state index in [1.807, 2.05) is 6.07 Å². The van der Waals surface area contributed by atoms with Crippen LogP contribution >= 0.6 is 27.3 Å². The van der Waals surface area contributed by atoms with Gasteiger partial charge in [0.25, 0.3) is 0 Å². The molecule has 1 unspecified atom stereocenters. The van der Waals surface area contributed by atoms with Gasteiger partial charge in [-0.2, -0.15) is 11.3 Å². The molecule has 0 radical (unpaired) electrons. The smallest absolute Gasteiger partial charge is 0.125 e. The summed E-state index contributed by atoms with van der Waals surface area (Å²) in [5.74, 6) is 0.946. The van der Waals surface area contributed by atoms with Crippen molar-refractivity contribution in [3.05, 3.63) is 50.6 Å². The van der Waals surface area contributed by atoms with Gasteiger partial charge in [-0.15, -0.1) is 0 Å². The van der Waals surface area contributed by atoms with Crippen molar-refractivity contribution in [2.24, 2.45) is 0 Å². The summed E-state index contributed by atoms with van der Waals surface area (Å²) >= 11 is 5.22. The highest BCUT2D eigenvalue weighted by molar-refractivity contribution is 9.10. The normalized spacial score (nSPS) is 12.3. The average molecular weight is 354 g/mol.